The molecular formula is C11H8ClF2N3O3S. The van der Waals surface area contributed by atoms with Gasteiger partial charge in [0.15, 0.2) is 11.6 Å². The molecular weight excluding hydrogens is 328 g/mol. The maximum Gasteiger partial charge on any atom is 0.261 e. The third-order valence-electron chi connectivity index (χ3n) is 2.50. The lowest BCUT2D eigenvalue weighted by Crippen LogP contribution is -2.14. The van der Waals surface area contributed by atoms with Crippen LogP contribution in [-0.2, 0) is 16.1 Å². The Morgan fingerprint density at radius 1 is 1.33 bits per heavy atom. The SMILES string of the molecule is Cn1cc(C(=O)Nc2c(F)cc(S(=O)(=O)Cl)cc2F)cn1. The summed E-state index contributed by atoms with van der Waals surface area (Å²) in [5.74, 6) is -3.31. The Hall–Kier alpha value is -2.00. The van der Waals surface area contributed by atoms with Crippen LogP contribution >= 0.6 is 10.7 Å². The van der Waals surface area contributed by atoms with E-state index in [-0.39, 0.29) is 5.56 Å². The van der Waals surface area contributed by atoms with E-state index in [1.165, 1.54) is 17.1 Å². The summed E-state index contributed by atoms with van der Waals surface area (Å²) in [6, 6.07) is 1.04. The molecule has 0 fully saturated rings. The molecule has 0 aliphatic carbocycles. The molecule has 112 valence electrons. The van der Waals surface area contributed by atoms with Crippen molar-refractivity contribution in [3.8, 4) is 0 Å². The first-order valence-electron chi connectivity index (χ1n) is 5.42. The number of hydrogen-bond acceptors (Lipinski definition) is 4. The molecule has 1 aromatic heterocycles. The van der Waals surface area contributed by atoms with Crippen LogP contribution < -0.4 is 5.32 Å². The zero-order chi connectivity index (χ0) is 15.8. The maximum atomic E-state index is 13.7. The molecule has 6 nitrogen and oxygen atoms in total. The molecule has 0 atom stereocenters. The second-order valence-electron chi connectivity index (χ2n) is 4.06. The fourth-order valence-electron chi connectivity index (χ4n) is 1.53. The van der Waals surface area contributed by atoms with E-state index in [4.69, 9.17) is 10.7 Å². The van der Waals surface area contributed by atoms with Gasteiger partial charge in [-0.3, -0.25) is 9.48 Å². The average molecular weight is 336 g/mol. The first kappa shape index (κ1) is 15.4. The van der Waals surface area contributed by atoms with Crippen LogP contribution in [0.15, 0.2) is 29.4 Å². The normalized spacial score (nSPS) is 11.4. The van der Waals surface area contributed by atoms with Crippen LogP contribution in [-0.4, -0.2) is 24.1 Å². The van der Waals surface area contributed by atoms with Crippen LogP contribution in [0, 0.1) is 11.6 Å². The van der Waals surface area contributed by atoms with Gasteiger partial charge in [0, 0.05) is 23.9 Å². The van der Waals surface area contributed by atoms with Gasteiger partial charge in [-0.05, 0) is 12.1 Å². The van der Waals surface area contributed by atoms with Crippen molar-refractivity contribution in [2.75, 3.05) is 5.32 Å². The van der Waals surface area contributed by atoms with E-state index in [0.29, 0.717) is 12.1 Å². The standard InChI is InChI=1S/C11H8ClF2N3O3S/c1-17-5-6(4-15-17)11(18)16-10-8(13)2-7(3-9(10)14)21(12,19)20/h2-5H,1H3,(H,16,18). The molecule has 21 heavy (non-hydrogen) atoms. The van der Waals surface area contributed by atoms with Gasteiger partial charge in [-0.2, -0.15) is 5.10 Å². The van der Waals surface area contributed by atoms with Crippen molar-refractivity contribution in [1.82, 2.24) is 9.78 Å². The van der Waals surface area contributed by atoms with E-state index < -0.39 is 37.2 Å². The number of aryl methyl sites for hydroxylation is 1. The number of halogens is 3. The maximum absolute atomic E-state index is 13.7. The smallest absolute Gasteiger partial charge is 0.261 e. The minimum absolute atomic E-state index is 0.0883. The van der Waals surface area contributed by atoms with Crippen LogP contribution in [0.3, 0.4) is 0 Å². The van der Waals surface area contributed by atoms with Crippen LogP contribution in [0.25, 0.3) is 0 Å². The molecule has 1 N–H and O–H groups in total. The van der Waals surface area contributed by atoms with Crippen LogP contribution in [0.5, 0.6) is 0 Å². The van der Waals surface area contributed by atoms with Crippen molar-refractivity contribution >= 4 is 31.3 Å². The minimum Gasteiger partial charge on any atom is -0.317 e. The highest BCUT2D eigenvalue weighted by Gasteiger charge is 2.20. The van der Waals surface area contributed by atoms with Gasteiger partial charge < -0.3 is 5.32 Å². The highest BCUT2D eigenvalue weighted by atomic mass is 35.7. The summed E-state index contributed by atoms with van der Waals surface area (Å²) in [6.07, 6.45) is 2.56. The number of nitrogens with one attached hydrogen (secondary N) is 1. The average Bonchev–Trinajstić information content (AvgIpc) is 2.79. The topological polar surface area (TPSA) is 81.1 Å². The number of benzene rings is 1. The Kier molecular flexibility index (Phi) is 3.97. The third kappa shape index (κ3) is 3.37. The van der Waals surface area contributed by atoms with Gasteiger partial charge in [0.25, 0.3) is 15.0 Å². The molecule has 1 aromatic carbocycles. The quantitative estimate of drug-likeness (QED) is 0.868. The molecule has 0 radical (unpaired) electrons. The van der Waals surface area contributed by atoms with Crippen molar-refractivity contribution in [3.63, 3.8) is 0 Å². The Morgan fingerprint density at radius 3 is 2.33 bits per heavy atom. The summed E-state index contributed by atoms with van der Waals surface area (Å²) < 4.78 is 50.8. The van der Waals surface area contributed by atoms with Gasteiger partial charge in [-0.25, -0.2) is 17.2 Å². The lowest BCUT2D eigenvalue weighted by molar-refractivity contribution is 0.102. The Labute approximate surface area is 122 Å². The second kappa shape index (κ2) is 5.41. The number of rotatable bonds is 3. The fraction of sp³-hybridized carbons (Fsp3) is 0.0909. The summed E-state index contributed by atoms with van der Waals surface area (Å²) in [4.78, 5) is 11.0. The van der Waals surface area contributed by atoms with Crippen molar-refractivity contribution in [2.24, 2.45) is 7.05 Å². The monoisotopic (exact) mass is 335 g/mol. The van der Waals surface area contributed by atoms with Gasteiger partial charge in [0.05, 0.1) is 16.7 Å². The minimum atomic E-state index is -4.28. The molecule has 0 saturated carbocycles. The van der Waals surface area contributed by atoms with E-state index in [0.717, 1.165) is 0 Å². The molecule has 0 saturated heterocycles. The Balaban J connectivity index is 2.35. The lowest BCUT2D eigenvalue weighted by atomic mass is 10.2. The summed E-state index contributed by atoms with van der Waals surface area (Å²) in [5, 5.41) is 5.75. The van der Waals surface area contributed by atoms with Gasteiger partial charge in [0.2, 0.25) is 0 Å². The third-order valence-corrected chi connectivity index (χ3v) is 3.84. The molecule has 0 aliphatic rings. The number of hydrogen-bond donors (Lipinski definition) is 1. The lowest BCUT2D eigenvalue weighted by Gasteiger charge is -2.07. The van der Waals surface area contributed by atoms with Gasteiger partial charge in [0.1, 0.15) is 5.69 Å². The predicted octanol–water partition coefficient (Wildman–Crippen LogP) is 1.88. The summed E-state index contributed by atoms with van der Waals surface area (Å²) in [7, 11) is 2.29. The number of nitrogens with zero attached hydrogens (tertiary/aromatic N) is 2. The van der Waals surface area contributed by atoms with E-state index in [1.54, 1.807) is 7.05 Å². The van der Waals surface area contributed by atoms with E-state index in [1.807, 2.05) is 5.32 Å². The van der Waals surface area contributed by atoms with E-state index >= 15 is 0 Å². The summed E-state index contributed by atoms with van der Waals surface area (Å²) in [6.45, 7) is 0. The second-order valence-corrected chi connectivity index (χ2v) is 6.62. The number of carbonyl (C=O) groups is 1. The fourth-order valence-corrected chi connectivity index (χ4v) is 2.29. The van der Waals surface area contributed by atoms with Gasteiger partial charge >= 0.3 is 0 Å². The molecule has 10 heteroatoms. The zero-order valence-corrected chi connectivity index (χ0v) is 12.0. The molecule has 2 rings (SSSR count). The molecule has 0 bridgehead atoms. The van der Waals surface area contributed by atoms with Crippen molar-refractivity contribution in [3.05, 3.63) is 41.7 Å². The number of amides is 1. The van der Waals surface area contributed by atoms with Gasteiger partial charge in [-0.1, -0.05) is 0 Å². The molecule has 0 unspecified atom stereocenters. The Bertz CT molecular complexity index is 797. The first-order valence-corrected chi connectivity index (χ1v) is 7.73. The van der Waals surface area contributed by atoms with Crippen molar-refractivity contribution < 1.29 is 22.0 Å². The number of carbonyl (C=O) groups excluding carboxylic acids is 1. The zero-order valence-electron chi connectivity index (χ0n) is 10.5. The van der Waals surface area contributed by atoms with Crippen molar-refractivity contribution in [2.45, 2.75) is 4.90 Å². The molecule has 0 aliphatic heterocycles. The van der Waals surface area contributed by atoms with Crippen molar-refractivity contribution in [1.29, 1.82) is 0 Å². The molecule has 2 aromatic rings. The molecule has 1 amide bonds. The summed E-state index contributed by atoms with van der Waals surface area (Å²) in [5.41, 5.74) is -0.682. The number of anilines is 1. The highest BCUT2D eigenvalue weighted by molar-refractivity contribution is 8.13. The first-order chi connectivity index (χ1) is 9.68. The predicted molar refractivity (Wildman–Crippen MR) is 70.6 cm³/mol. The largest absolute Gasteiger partial charge is 0.317 e. The van der Waals surface area contributed by atoms with E-state index in [9.17, 15) is 22.0 Å². The van der Waals surface area contributed by atoms with Crippen LogP contribution in [0.1, 0.15) is 10.4 Å². The summed E-state index contributed by atoms with van der Waals surface area (Å²) >= 11 is 0. The van der Waals surface area contributed by atoms with E-state index in [2.05, 4.69) is 5.10 Å². The van der Waals surface area contributed by atoms with Crippen LogP contribution in [0.2, 0.25) is 0 Å². The number of aromatic nitrogens is 2. The molecule has 1 heterocycles. The highest BCUT2D eigenvalue weighted by Crippen LogP contribution is 2.25. The van der Waals surface area contributed by atoms with Gasteiger partial charge in [-0.15, -0.1) is 0 Å². The molecule has 0 spiro atoms. The Morgan fingerprint density at radius 2 is 1.90 bits per heavy atom. The van der Waals surface area contributed by atoms with Crippen LogP contribution in [0.4, 0.5) is 14.5 Å².